The topological polar surface area (TPSA) is 175 Å². The van der Waals surface area contributed by atoms with Gasteiger partial charge in [-0.3, -0.25) is 30.3 Å². The predicted octanol–water partition coefficient (Wildman–Crippen LogP) is 1.61. The van der Waals surface area contributed by atoms with Crippen LogP contribution in [0.15, 0.2) is 30.3 Å². The Bertz CT molecular complexity index is 920. The third-order valence-electron chi connectivity index (χ3n) is 4.60. The van der Waals surface area contributed by atoms with Gasteiger partial charge in [0.15, 0.2) is 0 Å². The van der Waals surface area contributed by atoms with Crippen LogP contribution in [0.1, 0.15) is 19.4 Å². The first kappa shape index (κ1) is 26.0. The number of nitrogens with zero attached hydrogens (tertiary/aromatic N) is 3. The quantitative estimate of drug-likeness (QED) is 0.437. The van der Waals surface area contributed by atoms with Crippen LogP contribution in [0.5, 0.6) is 17.2 Å². The smallest absolute Gasteiger partial charge is 0.283 e. The molecular weight excluding hydrogens is 428 g/mol. The SMILES string of the molecule is CC[NH+](CC)Cc1c(OC)cccc1OC.O=[N+]([O-])c1cc([N+](=O)[O-])c([O-])c([N+](=O)[O-])c1. The Morgan fingerprint density at radius 3 is 1.59 bits per heavy atom. The average Bonchev–Trinajstić information content (AvgIpc) is 2.77. The fraction of sp³-hybridized carbons (Fsp3) is 0.368. The van der Waals surface area contributed by atoms with Gasteiger partial charge in [-0.15, -0.1) is 0 Å². The molecule has 13 heteroatoms. The number of hydrogen-bond acceptors (Lipinski definition) is 9. The molecule has 0 saturated carbocycles. The highest BCUT2D eigenvalue weighted by Gasteiger charge is 2.24. The number of methoxy groups -OCH3 is 2. The van der Waals surface area contributed by atoms with E-state index in [1.807, 2.05) is 18.2 Å². The molecule has 0 amide bonds. The van der Waals surface area contributed by atoms with E-state index in [0.29, 0.717) is 12.1 Å². The number of nitro benzene ring substituents is 3. The lowest BCUT2D eigenvalue weighted by atomic mass is 10.1. The molecular formula is C19H24N4O9. The molecule has 0 aliphatic carbocycles. The van der Waals surface area contributed by atoms with E-state index in [1.165, 1.54) is 4.90 Å². The number of rotatable bonds is 9. The van der Waals surface area contributed by atoms with E-state index < -0.39 is 37.6 Å². The first-order valence-corrected chi connectivity index (χ1v) is 9.42. The summed E-state index contributed by atoms with van der Waals surface area (Å²) in [6, 6.07) is 6.70. The third kappa shape index (κ3) is 6.50. The van der Waals surface area contributed by atoms with Gasteiger partial charge in [0.05, 0.1) is 65.5 Å². The van der Waals surface area contributed by atoms with Crippen LogP contribution in [0.3, 0.4) is 0 Å². The molecule has 2 rings (SSSR count). The Labute approximate surface area is 183 Å². The minimum absolute atomic E-state index is 0.384. The van der Waals surface area contributed by atoms with Gasteiger partial charge in [0.2, 0.25) is 0 Å². The molecule has 174 valence electrons. The van der Waals surface area contributed by atoms with Gasteiger partial charge in [-0.1, -0.05) is 6.07 Å². The number of hydrogen-bond donors (Lipinski definition) is 1. The first-order valence-electron chi connectivity index (χ1n) is 9.42. The Hall–Kier alpha value is -4.00. The average molecular weight is 452 g/mol. The van der Waals surface area contributed by atoms with Crippen LogP contribution in [0.4, 0.5) is 17.1 Å². The summed E-state index contributed by atoms with van der Waals surface area (Å²) in [6.45, 7) is 7.55. The normalized spacial score (nSPS) is 10.2. The monoisotopic (exact) mass is 452 g/mol. The van der Waals surface area contributed by atoms with Crippen LogP contribution in [0.2, 0.25) is 0 Å². The molecule has 0 aliphatic heterocycles. The van der Waals surface area contributed by atoms with Gasteiger partial charge in [0.1, 0.15) is 18.0 Å². The van der Waals surface area contributed by atoms with Gasteiger partial charge in [-0.2, -0.15) is 0 Å². The van der Waals surface area contributed by atoms with Crippen LogP contribution in [-0.4, -0.2) is 42.1 Å². The van der Waals surface area contributed by atoms with Crippen LogP contribution in [0.25, 0.3) is 0 Å². The molecule has 1 N–H and O–H groups in total. The second-order valence-corrected chi connectivity index (χ2v) is 6.36. The summed E-state index contributed by atoms with van der Waals surface area (Å²) in [6.07, 6.45) is 0. The number of quaternary nitrogens is 1. The molecule has 0 radical (unpaired) electrons. The molecule has 0 bridgehead atoms. The molecule has 2 aromatic carbocycles. The second kappa shape index (κ2) is 12.0. The van der Waals surface area contributed by atoms with Crippen LogP contribution in [0, 0.1) is 30.3 Å². The summed E-state index contributed by atoms with van der Waals surface area (Å²) < 4.78 is 10.8. The number of nitrogens with one attached hydrogen (secondary N) is 1. The summed E-state index contributed by atoms with van der Waals surface area (Å²) in [5.41, 5.74) is -2.11. The third-order valence-corrected chi connectivity index (χ3v) is 4.60. The van der Waals surface area contributed by atoms with Crippen LogP contribution < -0.4 is 19.5 Å². The number of benzene rings is 2. The minimum Gasteiger partial charge on any atom is -0.863 e. The molecule has 2 aromatic rings. The molecule has 0 atom stereocenters. The summed E-state index contributed by atoms with van der Waals surface area (Å²) in [4.78, 5) is 29.0. The Morgan fingerprint density at radius 1 is 0.844 bits per heavy atom. The van der Waals surface area contributed by atoms with E-state index in [0.717, 1.165) is 36.7 Å². The van der Waals surface area contributed by atoms with Gasteiger partial charge in [-0.25, -0.2) is 0 Å². The molecule has 13 nitrogen and oxygen atoms in total. The Balaban J connectivity index is 0.000000320. The number of nitro groups is 3. The Kier molecular flexibility index (Phi) is 9.76. The van der Waals surface area contributed by atoms with Crippen molar-refractivity contribution in [3.05, 3.63) is 66.2 Å². The van der Waals surface area contributed by atoms with Gasteiger partial charge < -0.3 is 19.5 Å². The molecule has 0 fully saturated rings. The summed E-state index contributed by atoms with van der Waals surface area (Å²) in [5, 5.41) is 42.1. The standard InChI is InChI=1S/C13H21NO2.C6H3N3O7/c1-5-14(6-2)10-11-12(15-3)8-7-9-13(11)16-4;10-6-4(8(13)14)1-3(7(11)12)2-5(6)9(15)16/h7-9H,5-6,10H2,1-4H3;1-2,10H. The predicted molar refractivity (Wildman–Crippen MR) is 111 cm³/mol. The van der Waals surface area contributed by atoms with Crippen molar-refractivity contribution in [2.24, 2.45) is 0 Å². The molecule has 32 heavy (non-hydrogen) atoms. The van der Waals surface area contributed by atoms with E-state index in [4.69, 9.17) is 9.47 Å². The van der Waals surface area contributed by atoms with Crippen LogP contribution in [-0.2, 0) is 6.54 Å². The molecule has 0 heterocycles. The lowest BCUT2D eigenvalue weighted by Crippen LogP contribution is -3.10. The lowest BCUT2D eigenvalue weighted by Gasteiger charge is -2.19. The minimum atomic E-state index is -1.46. The molecule has 0 spiro atoms. The highest BCUT2D eigenvalue weighted by Crippen LogP contribution is 2.36. The van der Waals surface area contributed by atoms with Gasteiger partial charge >= 0.3 is 0 Å². The molecule has 0 aliphatic rings. The van der Waals surface area contributed by atoms with E-state index in [2.05, 4.69) is 13.8 Å². The van der Waals surface area contributed by atoms with Gasteiger partial charge in [-0.05, 0) is 26.0 Å². The number of ether oxygens (including phenoxy) is 2. The lowest BCUT2D eigenvalue weighted by molar-refractivity contribution is -0.910. The molecule has 0 saturated heterocycles. The fourth-order valence-electron chi connectivity index (χ4n) is 2.81. The highest BCUT2D eigenvalue weighted by atomic mass is 16.6. The van der Waals surface area contributed by atoms with E-state index in [-0.39, 0.29) is 0 Å². The van der Waals surface area contributed by atoms with Crippen molar-refractivity contribution in [3.8, 4) is 17.2 Å². The highest BCUT2D eigenvalue weighted by molar-refractivity contribution is 5.64. The zero-order valence-corrected chi connectivity index (χ0v) is 18.0. The van der Waals surface area contributed by atoms with Crippen molar-refractivity contribution in [1.29, 1.82) is 0 Å². The van der Waals surface area contributed by atoms with Crippen molar-refractivity contribution >= 4 is 17.1 Å². The maximum atomic E-state index is 11.1. The zero-order valence-electron chi connectivity index (χ0n) is 18.0. The van der Waals surface area contributed by atoms with Gasteiger partial charge in [0.25, 0.3) is 17.1 Å². The maximum Gasteiger partial charge on any atom is 0.283 e. The molecule has 0 unspecified atom stereocenters. The van der Waals surface area contributed by atoms with E-state index in [9.17, 15) is 35.4 Å². The second-order valence-electron chi connectivity index (χ2n) is 6.36. The largest absolute Gasteiger partial charge is 0.863 e. The summed E-state index contributed by atoms with van der Waals surface area (Å²) in [5.74, 6) is 0.373. The summed E-state index contributed by atoms with van der Waals surface area (Å²) >= 11 is 0. The molecule has 0 aromatic heterocycles. The van der Waals surface area contributed by atoms with E-state index in [1.54, 1.807) is 14.2 Å². The first-order chi connectivity index (χ1) is 15.1. The van der Waals surface area contributed by atoms with Crippen molar-refractivity contribution in [2.45, 2.75) is 20.4 Å². The van der Waals surface area contributed by atoms with E-state index >= 15 is 0 Å². The van der Waals surface area contributed by atoms with Crippen molar-refractivity contribution < 1.29 is 34.3 Å². The van der Waals surface area contributed by atoms with Crippen molar-refractivity contribution in [1.82, 2.24) is 0 Å². The maximum absolute atomic E-state index is 11.1. The van der Waals surface area contributed by atoms with Crippen molar-refractivity contribution in [3.63, 3.8) is 0 Å². The van der Waals surface area contributed by atoms with Gasteiger partial charge in [0, 0.05) is 0 Å². The van der Waals surface area contributed by atoms with Crippen molar-refractivity contribution in [2.75, 3.05) is 27.3 Å². The zero-order chi connectivity index (χ0) is 24.4. The number of non-ortho nitro benzene ring substituents is 1. The Morgan fingerprint density at radius 2 is 1.28 bits per heavy atom. The van der Waals surface area contributed by atoms with Crippen LogP contribution >= 0.6 is 0 Å². The summed E-state index contributed by atoms with van der Waals surface area (Å²) in [7, 11) is 3.41. The fourth-order valence-corrected chi connectivity index (χ4v) is 2.81.